The maximum absolute atomic E-state index is 9.91. The number of hydrogen-bond donors (Lipinski definition) is 2. The normalized spacial score (nSPS) is 11.7. The molecule has 0 saturated carbocycles. The molecule has 0 amide bonds. The van der Waals surface area contributed by atoms with E-state index in [2.05, 4.69) is 32.0 Å². The van der Waals surface area contributed by atoms with E-state index in [0.29, 0.717) is 11.4 Å². The van der Waals surface area contributed by atoms with Gasteiger partial charge in [0, 0.05) is 10.4 Å². The van der Waals surface area contributed by atoms with E-state index in [1.807, 2.05) is 12.1 Å². The van der Waals surface area contributed by atoms with Crippen LogP contribution in [0.3, 0.4) is 0 Å². The fourth-order valence-corrected chi connectivity index (χ4v) is 2.94. The molecule has 0 spiro atoms. The lowest BCUT2D eigenvalue weighted by atomic mass is 9.76. The van der Waals surface area contributed by atoms with Crippen molar-refractivity contribution in [2.45, 2.75) is 25.7 Å². The Morgan fingerprint density at radius 3 is 1.90 bits per heavy atom. The molecule has 3 heteroatoms. The van der Waals surface area contributed by atoms with Gasteiger partial charge >= 0.3 is 0 Å². The van der Waals surface area contributed by atoms with Gasteiger partial charge in [-0.05, 0) is 43.5 Å². The highest BCUT2D eigenvalue weighted by molar-refractivity contribution is 6.30. The van der Waals surface area contributed by atoms with Crippen LogP contribution in [0.5, 0.6) is 0 Å². The lowest BCUT2D eigenvalue weighted by molar-refractivity contribution is 0.116. The minimum atomic E-state index is -0.690. The number of hydrogen-bond acceptors (Lipinski definition) is 2. The van der Waals surface area contributed by atoms with Gasteiger partial charge in [-0.15, -0.1) is 0 Å². The van der Waals surface area contributed by atoms with Crippen molar-refractivity contribution in [1.29, 1.82) is 0 Å². The summed E-state index contributed by atoms with van der Waals surface area (Å²) in [5.41, 5.74) is 3.70. The van der Waals surface area contributed by atoms with Crippen molar-refractivity contribution in [1.82, 2.24) is 0 Å². The number of aliphatic hydroxyl groups excluding tert-OH is 2. The summed E-state index contributed by atoms with van der Waals surface area (Å²) in [6, 6.07) is 13.6. The third-order valence-electron chi connectivity index (χ3n) is 3.89. The molecule has 2 aromatic carbocycles. The van der Waals surface area contributed by atoms with Crippen LogP contribution in [-0.4, -0.2) is 23.4 Å². The minimum absolute atomic E-state index is 0.113. The molecule has 0 fully saturated rings. The summed E-state index contributed by atoms with van der Waals surface area (Å²) >= 11 is 5.92. The van der Waals surface area contributed by atoms with E-state index in [4.69, 9.17) is 11.6 Å². The molecule has 0 aliphatic rings. The summed E-state index contributed by atoms with van der Waals surface area (Å²) in [4.78, 5) is 0. The molecule has 0 heterocycles. The van der Waals surface area contributed by atoms with E-state index in [0.717, 1.165) is 11.1 Å². The highest BCUT2D eigenvalue weighted by Gasteiger charge is 2.31. The first-order valence-corrected chi connectivity index (χ1v) is 7.42. The fourth-order valence-electron chi connectivity index (χ4n) is 2.81. The lowest BCUT2D eigenvalue weighted by Gasteiger charge is -2.31. The van der Waals surface area contributed by atoms with Crippen molar-refractivity contribution in [2.75, 3.05) is 13.2 Å². The highest BCUT2D eigenvalue weighted by Crippen LogP contribution is 2.29. The largest absolute Gasteiger partial charge is 0.395 e. The molecule has 2 N–H and O–H groups in total. The molecule has 0 unspecified atom stereocenters. The van der Waals surface area contributed by atoms with E-state index >= 15 is 0 Å². The number of rotatable bonds is 5. The predicted molar refractivity (Wildman–Crippen MR) is 86.9 cm³/mol. The Morgan fingerprint density at radius 1 is 0.905 bits per heavy atom. The van der Waals surface area contributed by atoms with Gasteiger partial charge in [0.2, 0.25) is 0 Å². The lowest BCUT2D eigenvalue weighted by Crippen LogP contribution is -2.37. The summed E-state index contributed by atoms with van der Waals surface area (Å²) in [6.07, 6.45) is 0.587. The van der Waals surface area contributed by atoms with Gasteiger partial charge in [-0.3, -0.25) is 0 Å². The predicted octanol–water partition coefficient (Wildman–Crippen LogP) is 3.42. The van der Waals surface area contributed by atoms with Crippen LogP contribution in [0.25, 0.3) is 0 Å². The van der Waals surface area contributed by atoms with Crippen LogP contribution in [0.2, 0.25) is 5.02 Å². The van der Waals surface area contributed by atoms with Crippen LogP contribution in [0.1, 0.15) is 22.3 Å². The monoisotopic (exact) mass is 304 g/mol. The van der Waals surface area contributed by atoms with Crippen LogP contribution < -0.4 is 0 Å². The first-order chi connectivity index (χ1) is 9.99. The van der Waals surface area contributed by atoms with Crippen molar-refractivity contribution in [3.05, 3.63) is 69.7 Å². The Kier molecular flexibility index (Phi) is 5.04. The molecule has 0 aliphatic carbocycles. The van der Waals surface area contributed by atoms with Gasteiger partial charge < -0.3 is 10.2 Å². The number of halogens is 1. The number of benzene rings is 2. The smallest absolute Gasteiger partial charge is 0.0553 e. The standard InChI is InChI=1S/C18H21ClO2/c1-13-7-14(2)9-15(8-13)10-18(11-20,12-21)16-3-5-17(19)6-4-16/h3-9,20-21H,10-12H2,1-2H3. The second-order valence-electron chi connectivity index (χ2n) is 5.78. The number of aliphatic hydroxyl groups is 2. The van der Waals surface area contributed by atoms with E-state index < -0.39 is 5.41 Å². The molecule has 0 bridgehead atoms. The Bertz CT molecular complexity index is 581. The van der Waals surface area contributed by atoms with E-state index in [9.17, 15) is 10.2 Å². The molecule has 0 saturated heterocycles. The van der Waals surface area contributed by atoms with Crippen LogP contribution in [-0.2, 0) is 11.8 Å². The third-order valence-corrected chi connectivity index (χ3v) is 4.14. The Balaban J connectivity index is 2.40. The molecule has 0 aliphatic heterocycles. The van der Waals surface area contributed by atoms with Crippen LogP contribution >= 0.6 is 11.6 Å². The zero-order valence-electron chi connectivity index (χ0n) is 12.4. The first-order valence-electron chi connectivity index (χ1n) is 7.04. The second-order valence-corrected chi connectivity index (χ2v) is 6.21. The summed E-state index contributed by atoms with van der Waals surface area (Å²) < 4.78 is 0. The number of aryl methyl sites for hydroxylation is 2. The van der Waals surface area contributed by atoms with Crippen LogP contribution in [0, 0.1) is 13.8 Å². The average molecular weight is 305 g/mol. The van der Waals surface area contributed by atoms with E-state index in [-0.39, 0.29) is 13.2 Å². The van der Waals surface area contributed by atoms with Crippen LogP contribution in [0.4, 0.5) is 0 Å². The molecule has 0 atom stereocenters. The average Bonchev–Trinajstić information content (AvgIpc) is 2.45. The Hall–Kier alpha value is -1.35. The van der Waals surface area contributed by atoms with Crippen molar-refractivity contribution in [2.24, 2.45) is 0 Å². The molecule has 2 rings (SSSR count). The molecular formula is C18H21ClO2. The maximum atomic E-state index is 9.91. The van der Waals surface area contributed by atoms with Gasteiger partial charge in [0.1, 0.15) is 0 Å². The molecular weight excluding hydrogens is 284 g/mol. The topological polar surface area (TPSA) is 40.5 Å². The first kappa shape index (κ1) is 16.0. The fraction of sp³-hybridized carbons (Fsp3) is 0.333. The molecule has 0 radical (unpaired) electrons. The van der Waals surface area contributed by atoms with Crippen molar-refractivity contribution < 1.29 is 10.2 Å². The Labute approximate surface area is 131 Å². The van der Waals surface area contributed by atoms with Crippen LogP contribution in [0.15, 0.2) is 42.5 Å². The SMILES string of the molecule is Cc1cc(C)cc(CC(CO)(CO)c2ccc(Cl)cc2)c1. The zero-order valence-corrected chi connectivity index (χ0v) is 13.2. The summed E-state index contributed by atoms with van der Waals surface area (Å²) in [5.74, 6) is 0. The van der Waals surface area contributed by atoms with Gasteiger partial charge in [0.15, 0.2) is 0 Å². The van der Waals surface area contributed by atoms with E-state index in [1.54, 1.807) is 12.1 Å². The summed E-state index contributed by atoms with van der Waals surface area (Å²) in [6.45, 7) is 3.88. The van der Waals surface area contributed by atoms with E-state index in [1.165, 1.54) is 11.1 Å². The van der Waals surface area contributed by atoms with Crippen molar-refractivity contribution in [3.63, 3.8) is 0 Å². The molecule has 21 heavy (non-hydrogen) atoms. The molecule has 0 aromatic heterocycles. The third kappa shape index (κ3) is 3.65. The van der Waals surface area contributed by atoms with Crippen molar-refractivity contribution >= 4 is 11.6 Å². The van der Waals surface area contributed by atoms with Gasteiger partial charge in [0.25, 0.3) is 0 Å². The van der Waals surface area contributed by atoms with Crippen molar-refractivity contribution in [3.8, 4) is 0 Å². The maximum Gasteiger partial charge on any atom is 0.0553 e. The van der Waals surface area contributed by atoms with Gasteiger partial charge in [-0.2, -0.15) is 0 Å². The highest BCUT2D eigenvalue weighted by atomic mass is 35.5. The summed E-state index contributed by atoms with van der Waals surface area (Å²) in [5, 5.41) is 20.5. The summed E-state index contributed by atoms with van der Waals surface area (Å²) in [7, 11) is 0. The van der Waals surface area contributed by atoms with Gasteiger partial charge in [-0.1, -0.05) is 53.1 Å². The molecule has 2 nitrogen and oxygen atoms in total. The minimum Gasteiger partial charge on any atom is -0.395 e. The second kappa shape index (κ2) is 6.61. The molecule has 112 valence electrons. The van der Waals surface area contributed by atoms with Gasteiger partial charge in [-0.25, -0.2) is 0 Å². The quantitative estimate of drug-likeness (QED) is 0.888. The zero-order chi connectivity index (χ0) is 15.5. The van der Waals surface area contributed by atoms with Gasteiger partial charge in [0.05, 0.1) is 13.2 Å². The molecule has 2 aromatic rings. The Morgan fingerprint density at radius 2 is 1.43 bits per heavy atom.